The molecule has 0 saturated carbocycles. The predicted octanol–water partition coefficient (Wildman–Crippen LogP) is 2.43. The number of hydrogen-bond donors (Lipinski definition) is 1. The van der Waals surface area contributed by atoms with E-state index in [1.165, 1.54) is 5.56 Å². The number of aliphatic carboxylic acids is 1. The van der Waals surface area contributed by atoms with Crippen molar-refractivity contribution in [1.82, 2.24) is 0 Å². The fraction of sp³-hybridized carbons (Fsp3) is 0.250. The minimum atomic E-state index is -0.751. The maximum absolute atomic E-state index is 10.4. The van der Waals surface area contributed by atoms with Crippen molar-refractivity contribution < 1.29 is 9.90 Å². The maximum atomic E-state index is 10.4. The number of carbonyl (C=O) groups is 1. The largest absolute Gasteiger partial charge is 0.481 e. The normalized spacial score (nSPS) is 9.71. The Morgan fingerprint density at radius 3 is 2.79 bits per heavy atom. The van der Waals surface area contributed by atoms with Crippen LogP contribution < -0.4 is 0 Å². The van der Waals surface area contributed by atoms with E-state index < -0.39 is 5.97 Å². The molecule has 0 heterocycles. The van der Waals surface area contributed by atoms with E-state index in [2.05, 4.69) is 6.58 Å². The topological polar surface area (TPSA) is 37.3 Å². The van der Waals surface area contributed by atoms with E-state index in [-0.39, 0.29) is 6.42 Å². The van der Waals surface area contributed by atoms with Crippen LogP contribution in [0.4, 0.5) is 0 Å². The summed E-state index contributed by atoms with van der Waals surface area (Å²) in [6.45, 7) is 3.67. The van der Waals surface area contributed by atoms with Gasteiger partial charge in [-0.05, 0) is 24.0 Å². The molecule has 0 aliphatic carbocycles. The van der Waals surface area contributed by atoms with Crippen molar-refractivity contribution in [3.8, 4) is 0 Å². The van der Waals surface area contributed by atoms with Crippen LogP contribution in [0, 0.1) is 0 Å². The molecule has 0 saturated heterocycles. The fourth-order valence-corrected chi connectivity index (χ4v) is 1.33. The van der Waals surface area contributed by atoms with E-state index in [1.54, 1.807) is 0 Å². The Morgan fingerprint density at radius 1 is 1.43 bits per heavy atom. The Bertz CT molecular complexity index is 329. The minimum Gasteiger partial charge on any atom is -0.481 e. The molecule has 2 heteroatoms. The van der Waals surface area contributed by atoms with E-state index in [4.69, 9.17) is 5.11 Å². The highest BCUT2D eigenvalue weighted by Gasteiger charge is 1.99. The molecule has 0 aliphatic rings. The van der Waals surface area contributed by atoms with E-state index in [1.807, 2.05) is 30.3 Å². The second-order valence-electron chi connectivity index (χ2n) is 3.21. The predicted molar refractivity (Wildman–Crippen MR) is 56.3 cm³/mol. The average molecular weight is 190 g/mol. The molecule has 1 aromatic rings. The number of aryl methyl sites for hydroxylation is 1. The molecule has 74 valence electrons. The molecular weight excluding hydrogens is 176 g/mol. The van der Waals surface area contributed by atoms with Gasteiger partial charge in [0.15, 0.2) is 0 Å². The summed E-state index contributed by atoms with van der Waals surface area (Å²) in [4.78, 5) is 10.4. The minimum absolute atomic E-state index is 0.192. The number of carboxylic acids is 1. The lowest BCUT2D eigenvalue weighted by Gasteiger charge is -2.01. The zero-order valence-electron chi connectivity index (χ0n) is 8.07. The number of carboxylic acid groups (broad SMARTS) is 1. The fourth-order valence-electron chi connectivity index (χ4n) is 1.33. The Morgan fingerprint density at radius 2 is 2.14 bits per heavy atom. The first-order valence-corrected chi connectivity index (χ1v) is 4.63. The highest BCUT2D eigenvalue weighted by molar-refractivity contribution is 5.67. The zero-order chi connectivity index (χ0) is 10.4. The van der Waals surface area contributed by atoms with Gasteiger partial charge in [-0.3, -0.25) is 4.79 Å². The molecular formula is C12H14O2. The lowest BCUT2D eigenvalue weighted by Crippen LogP contribution is -1.97. The molecule has 0 unspecified atom stereocenters. The van der Waals surface area contributed by atoms with Crippen molar-refractivity contribution >= 4 is 5.97 Å². The summed E-state index contributed by atoms with van der Waals surface area (Å²) < 4.78 is 0. The Labute approximate surface area is 83.9 Å². The van der Waals surface area contributed by atoms with Crippen molar-refractivity contribution in [3.05, 3.63) is 48.0 Å². The summed E-state index contributed by atoms with van der Waals surface area (Å²) >= 11 is 0. The highest BCUT2D eigenvalue weighted by atomic mass is 16.4. The molecule has 0 atom stereocenters. The van der Waals surface area contributed by atoms with Gasteiger partial charge in [0.1, 0.15) is 0 Å². The van der Waals surface area contributed by atoms with Gasteiger partial charge in [0.05, 0.1) is 0 Å². The van der Waals surface area contributed by atoms with Crippen LogP contribution in [0.15, 0.2) is 36.9 Å². The Kier molecular flexibility index (Phi) is 3.92. The van der Waals surface area contributed by atoms with E-state index in [9.17, 15) is 4.79 Å². The van der Waals surface area contributed by atoms with Gasteiger partial charge in [-0.2, -0.15) is 0 Å². The first kappa shape index (κ1) is 10.5. The van der Waals surface area contributed by atoms with Gasteiger partial charge in [-0.1, -0.05) is 30.3 Å². The van der Waals surface area contributed by atoms with Gasteiger partial charge < -0.3 is 5.11 Å². The summed E-state index contributed by atoms with van der Waals surface area (Å²) in [5.74, 6) is -0.751. The summed E-state index contributed by atoms with van der Waals surface area (Å²) in [7, 11) is 0. The lowest BCUT2D eigenvalue weighted by molar-refractivity contribution is -0.136. The van der Waals surface area contributed by atoms with Crippen LogP contribution in [-0.4, -0.2) is 11.1 Å². The van der Waals surface area contributed by atoms with Crippen LogP contribution in [0.5, 0.6) is 0 Å². The molecule has 0 amide bonds. The zero-order valence-corrected chi connectivity index (χ0v) is 8.07. The Hall–Kier alpha value is -1.57. The molecule has 14 heavy (non-hydrogen) atoms. The molecule has 0 bridgehead atoms. The molecule has 0 radical (unpaired) electrons. The summed E-state index contributed by atoms with van der Waals surface area (Å²) in [5.41, 5.74) is 2.26. The van der Waals surface area contributed by atoms with E-state index in [0.717, 1.165) is 12.0 Å². The molecule has 0 aliphatic heterocycles. The van der Waals surface area contributed by atoms with Gasteiger partial charge in [0.2, 0.25) is 0 Å². The first-order chi connectivity index (χ1) is 6.72. The SMILES string of the molecule is C=CCc1cccc(CCC(=O)O)c1. The van der Waals surface area contributed by atoms with Crippen molar-refractivity contribution in [1.29, 1.82) is 0 Å². The van der Waals surface area contributed by atoms with Crippen molar-refractivity contribution in [2.45, 2.75) is 19.3 Å². The van der Waals surface area contributed by atoms with Crippen LogP contribution in [-0.2, 0) is 17.6 Å². The van der Waals surface area contributed by atoms with Crippen molar-refractivity contribution in [2.24, 2.45) is 0 Å². The molecule has 2 nitrogen and oxygen atoms in total. The summed E-state index contributed by atoms with van der Waals surface area (Å²) in [6, 6.07) is 7.96. The maximum Gasteiger partial charge on any atom is 0.303 e. The molecule has 0 fully saturated rings. The quantitative estimate of drug-likeness (QED) is 0.724. The Balaban J connectivity index is 2.63. The number of benzene rings is 1. The van der Waals surface area contributed by atoms with Gasteiger partial charge >= 0.3 is 5.97 Å². The summed E-state index contributed by atoms with van der Waals surface area (Å²) in [5, 5.41) is 8.53. The summed E-state index contributed by atoms with van der Waals surface area (Å²) in [6.07, 6.45) is 3.47. The number of allylic oxidation sites excluding steroid dienone is 1. The van der Waals surface area contributed by atoms with Crippen LogP contribution in [0.1, 0.15) is 17.5 Å². The third kappa shape index (κ3) is 3.44. The van der Waals surface area contributed by atoms with Gasteiger partial charge in [0.25, 0.3) is 0 Å². The number of rotatable bonds is 5. The second kappa shape index (κ2) is 5.22. The molecule has 0 spiro atoms. The highest BCUT2D eigenvalue weighted by Crippen LogP contribution is 2.08. The van der Waals surface area contributed by atoms with Crippen molar-refractivity contribution in [3.63, 3.8) is 0 Å². The molecule has 1 rings (SSSR count). The van der Waals surface area contributed by atoms with Crippen LogP contribution in [0.25, 0.3) is 0 Å². The molecule has 1 aromatic carbocycles. The van der Waals surface area contributed by atoms with Crippen molar-refractivity contribution in [2.75, 3.05) is 0 Å². The van der Waals surface area contributed by atoms with Crippen LogP contribution >= 0.6 is 0 Å². The van der Waals surface area contributed by atoms with Crippen LogP contribution in [0.3, 0.4) is 0 Å². The standard InChI is InChI=1S/C12H14O2/c1-2-4-10-5-3-6-11(9-10)7-8-12(13)14/h2-3,5-6,9H,1,4,7-8H2,(H,13,14). The van der Waals surface area contributed by atoms with Gasteiger partial charge in [-0.25, -0.2) is 0 Å². The lowest BCUT2D eigenvalue weighted by atomic mass is 10.0. The molecule has 0 aromatic heterocycles. The van der Waals surface area contributed by atoms with Gasteiger partial charge in [-0.15, -0.1) is 6.58 Å². The first-order valence-electron chi connectivity index (χ1n) is 4.63. The van der Waals surface area contributed by atoms with E-state index in [0.29, 0.717) is 6.42 Å². The second-order valence-corrected chi connectivity index (χ2v) is 3.21. The third-order valence-electron chi connectivity index (χ3n) is 2.00. The third-order valence-corrected chi connectivity index (χ3v) is 2.00. The van der Waals surface area contributed by atoms with Gasteiger partial charge in [0, 0.05) is 6.42 Å². The van der Waals surface area contributed by atoms with E-state index >= 15 is 0 Å². The average Bonchev–Trinajstić information content (AvgIpc) is 2.16. The van der Waals surface area contributed by atoms with Crippen LogP contribution in [0.2, 0.25) is 0 Å². The smallest absolute Gasteiger partial charge is 0.303 e. The molecule has 1 N–H and O–H groups in total. The monoisotopic (exact) mass is 190 g/mol. The number of hydrogen-bond acceptors (Lipinski definition) is 1.